The number of aromatic nitrogens is 2. The number of carbonyl (C=O) groups excluding carboxylic acids is 1. The van der Waals surface area contributed by atoms with E-state index in [0.717, 1.165) is 0 Å². The second-order valence-electron chi connectivity index (χ2n) is 8.35. The van der Waals surface area contributed by atoms with E-state index in [-0.39, 0.29) is 35.3 Å². The second-order valence-corrected chi connectivity index (χ2v) is 8.35. The van der Waals surface area contributed by atoms with Gasteiger partial charge in [-0.1, -0.05) is 37.6 Å². The van der Waals surface area contributed by atoms with Gasteiger partial charge in [-0.25, -0.2) is 4.98 Å². The van der Waals surface area contributed by atoms with Crippen LogP contribution in [0, 0.1) is 17.3 Å². The van der Waals surface area contributed by atoms with Gasteiger partial charge in [-0.2, -0.15) is 0 Å². The summed E-state index contributed by atoms with van der Waals surface area (Å²) in [6.45, 7) is 9.53. The zero-order chi connectivity index (χ0) is 20.5. The zero-order valence-corrected chi connectivity index (χ0v) is 17.3. The van der Waals surface area contributed by atoms with Crippen LogP contribution in [0.15, 0.2) is 40.7 Å². The van der Waals surface area contributed by atoms with Gasteiger partial charge in [-0.05, 0) is 37.3 Å². The Kier molecular flexibility index (Phi) is 5.70. The molecule has 150 valence electrons. The van der Waals surface area contributed by atoms with E-state index in [1.54, 1.807) is 18.1 Å². The minimum atomic E-state index is -0.186. The number of fused-ring (bicyclic) bond motifs is 1. The minimum Gasteiger partial charge on any atom is -0.383 e. The Morgan fingerprint density at radius 2 is 2.04 bits per heavy atom. The number of nitrogens with zero attached hydrogens (tertiary/aromatic N) is 2. The molecule has 6 nitrogen and oxygen atoms in total. The number of rotatable bonds is 7. The van der Waals surface area contributed by atoms with Gasteiger partial charge in [0.05, 0.1) is 30.0 Å². The summed E-state index contributed by atoms with van der Waals surface area (Å²) >= 11 is 0. The van der Waals surface area contributed by atoms with Crippen molar-refractivity contribution in [3.05, 3.63) is 52.1 Å². The van der Waals surface area contributed by atoms with E-state index < -0.39 is 0 Å². The zero-order valence-electron chi connectivity index (χ0n) is 17.3. The number of hydrogen-bond acceptors (Lipinski definition) is 4. The largest absolute Gasteiger partial charge is 0.383 e. The van der Waals surface area contributed by atoms with E-state index in [2.05, 4.69) is 43.7 Å². The Bertz CT molecular complexity index is 957. The Hall–Kier alpha value is -2.47. The molecule has 2 atom stereocenters. The molecule has 1 N–H and O–H groups in total. The molecule has 1 aromatic heterocycles. The van der Waals surface area contributed by atoms with Gasteiger partial charge in [0.1, 0.15) is 5.82 Å². The monoisotopic (exact) mass is 383 g/mol. The summed E-state index contributed by atoms with van der Waals surface area (Å²) in [6, 6.07) is 7.22. The lowest BCUT2D eigenvalue weighted by atomic mass is 10.1. The highest BCUT2D eigenvalue weighted by atomic mass is 16.5. The fourth-order valence-corrected chi connectivity index (χ4v) is 3.88. The fraction of sp³-hybridized carbons (Fsp3) is 0.500. The highest BCUT2D eigenvalue weighted by molar-refractivity contribution is 5.84. The fourth-order valence-electron chi connectivity index (χ4n) is 3.88. The number of carbonyl (C=O) groups is 1. The average molecular weight is 383 g/mol. The van der Waals surface area contributed by atoms with Crippen LogP contribution < -0.4 is 5.56 Å². The number of nitrogens with one attached hydrogen (secondary N) is 1. The maximum absolute atomic E-state index is 13.3. The Morgan fingerprint density at radius 3 is 2.71 bits per heavy atom. The molecule has 0 bridgehead atoms. The normalized spacial score (nSPS) is 20.0. The van der Waals surface area contributed by atoms with Gasteiger partial charge in [0.25, 0.3) is 5.56 Å². The summed E-state index contributed by atoms with van der Waals surface area (Å²) < 4.78 is 5.20. The van der Waals surface area contributed by atoms with E-state index in [1.807, 2.05) is 18.2 Å². The molecule has 28 heavy (non-hydrogen) atoms. The van der Waals surface area contributed by atoms with Gasteiger partial charge >= 0.3 is 0 Å². The lowest BCUT2D eigenvalue weighted by Crippen LogP contribution is -2.36. The third-order valence-electron chi connectivity index (χ3n) is 5.57. The number of ether oxygens (including phenoxy) is 1. The summed E-state index contributed by atoms with van der Waals surface area (Å²) in [5.74, 6) is 0.746. The van der Waals surface area contributed by atoms with Crippen molar-refractivity contribution in [1.82, 2.24) is 14.9 Å². The number of hydrogen-bond donors (Lipinski definition) is 1. The molecule has 1 amide bonds. The van der Waals surface area contributed by atoms with Crippen LogP contribution in [-0.4, -0.2) is 41.0 Å². The highest BCUT2D eigenvalue weighted by Crippen LogP contribution is 2.60. The van der Waals surface area contributed by atoms with Crippen molar-refractivity contribution >= 4 is 16.8 Å². The minimum absolute atomic E-state index is 0.0635. The van der Waals surface area contributed by atoms with Crippen molar-refractivity contribution in [2.24, 2.45) is 17.3 Å². The standard InChI is InChI=1S/C22H29N3O3/c1-14(2)12-16-19(22(16,3)4)21(27)25(10-11-28-5)13-18-23-17-9-7-6-8-15(17)20(26)24-18/h6-9,12,16,19H,10-11,13H2,1-5H3,(H,23,24,26)/t16-,19-/m0/s1. The lowest BCUT2D eigenvalue weighted by molar-refractivity contribution is -0.134. The molecule has 1 aliphatic carbocycles. The Morgan fingerprint density at radius 1 is 1.32 bits per heavy atom. The molecule has 0 unspecified atom stereocenters. The molecule has 0 aliphatic heterocycles. The van der Waals surface area contributed by atoms with E-state index in [4.69, 9.17) is 4.74 Å². The first-order valence-electron chi connectivity index (χ1n) is 9.66. The van der Waals surface area contributed by atoms with Gasteiger partial charge in [-0.3, -0.25) is 9.59 Å². The smallest absolute Gasteiger partial charge is 0.258 e. The van der Waals surface area contributed by atoms with Crippen LogP contribution in [0.2, 0.25) is 0 Å². The van der Waals surface area contributed by atoms with Crippen LogP contribution in [0.1, 0.15) is 33.5 Å². The van der Waals surface area contributed by atoms with Crippen LogP contribution >= 0.6 is 0 Å². The summed E-state index contributed by atoms with van der Waals surface area (Å²) in [4.78, 5) is 34.8. The van der Waals surface area contributed by atoms with Gasteiger partial charge in [-0.15, -0.1) is 0 Å². The number of methoxy groups -OCH3 is 1. The van der Waals surface area contributed by atoms with Crippen LogP contribution in [-0.2, 0) is 16.1 Å². The van der Waals surface area contributed by atoms with Crippen molar-refractivity contribution in [2.45, 2.75) is 34.2 Å². The quantitative estimate of drug-likeness (QED) is 0.746. The van der Waals surface area contributed by atoms with Crippen molar-refractivity contribution < 1.29 is 9.53 Å². The maximum Gasteiger partial charge on any atom is 0.258 e. The van der Waals surface area contributed by atoms with Gasteiger partial charge in [0.15, 0.2) is 0 Å². The van der Waals surface area contributed by atoms with Crippen LogP contribution in [0.4, 0.5) is 0 Å². The average Bonchev–Trinajstić information content (AvgIpc) is 3.17. The maximum atomic E-state index is 13.3. The van der Waals surface area contributed by atoms with E-state index in [0.29, 0.717) is 29.9 Å². The molecule has 0 saturated heterocycles. The third-order valence-corrected chi connectivity index (χ3v) is 5.57. The van der Waals surface area contributed by atoms with Crippen molar-refractivity contribution in [2.75, 3.05) is 20.3 Å². The van der Waals surface area contributed by atoms with Crippen molar-refractivity contribution in [3.8, 4) is 0 Å². The molecule has 1 aliphatic rings. The number of benzene rings is 1. The lowest BCUT2D eigenvalue weighted by Gasteiger charge is -2.23. The van der Waals surface area contributed by atoms with Gasteiger partial charge in [0, 0.05) is 13.7 Å². The molecule has 1 saturated carbocycles. The number of aromatic amines is 1. The van der Waals surface area contributed by atoms with Crippen molar-refractivity contribution in [1.29, 1.82) is 0 Å². The topological polar surface area (TPSA) is 75.3 Å². The van der Waals surface area contributed by atoms with Gasteiger partial charge in [0.2, 0.25) is 5.91 Å². The molecule has 2 aromatic rings. The summed E-state index contributed by atoms with van der Waals surface area (Å²) in [5, 5.41) is 0.549. The number of allylic oxidation sites excluding steroid dienone is 2. The Balaban J connectivity index is 1.86. The Labute approximate surface area is 165 Å². The van der Waals surface area contributed by atoms with E-state index >= 15 is 0 Å². The van der Waals surface area contributed by atoms with E-state index in [9.17, 15) is 9.59 Å². The molecule has 1 fully saturated rings. The van der Waals surface area contributed by atoms with Crippen LogP contribution in [0.3, 0.4) is 0 Å². The van der Waals surface area contributed by atoms with Crippen LogP contribution in [0.25, 0.3) is 10.9 Å². The molecule has 0 spiro atoms. The predicted octanol–water partition coefficient (Wildman–Crippen LogP) is 3.14. The number of amides is 1. The summed E-state index contributed by atoms with van der Waals surface area (Å²) in [7, 11) is 1.62. The summed E-state index contributed by atoms with van der Waals surface area (Å²) in [6.07, 6.45) is 2.19. The predicted molar refractivity (Wildman–Crippen MR) is 110 cm³/mol. The summed E-state index contributed by atoms with van der Waals surface area (Å²) in [5.41, 5.74) is 1.60. The van der Waals surface area contributed by atoms with Crippen LogP contribution in [0.5, 0.6) is 0 Å². The van der Waals surface area contributed by atoms with E-state index in [1.165, 1.54) is 5.57 Å². The molecular weight excluding hydrogens is 354 g/mol. The first-order valence-corrected chi connectivity index (χ1v) is 9.66. The van der Waals surface area contributed by atoms with Gasteiger partial charge < -0.3 is 14.6 Å². The number of para-hydroxylation sites is 1. The molecule has 1 heterocycles. The highest BCUT2D eigenvalue weighted by Gasteiger charge is 2.61. The first kappa shape index (κ1) is 20.3. The van der Waals surface area contributed by atoms with Crippen molar-refractivity contribution in [3.63, 3.8) is 0 Å². The molecular formula is C22H29N3O3. The SMILES string of the molecule is COCCN(Cc1nc2ccccc2c(=O)[nH]1)C(=O)[C@@H]1[C@H](C=C(C)C)C1(C)C. The molecule has 3 rings (SSSR count). The molecule has 0 radical (unpaired) electrons. The number of H-pyrrole nitrogens is 1. The second kappa shape index (κ2) is 7.87. The third kappa shape index (κ3) is 4.02. The first-order chi connectivity index (χ1) is 13.3. The molecule has 1 aromatic carbocycles. The molecule has 6 heteroatoms.